The Labute approximate surface area is 101 Å². The molecule has 2 unspecified atom stereocenters. The molecule has 4 nitrogen and oxygen atoms in total. The Kier molecular flexibility index (Phi) is 4.36. The third-order valence-electron chi connectivity index (χ3n) is 2.53. The van der Waals surface area contributed by atoms with E-state index in [0.29, 0.717) is 12.7 Å². The van der Waals surface area contributed by atoms with Crippen LogP contribution in [0.25, 0.3) is 0 Å². The third kappa shape index (κ3) is 4.73. The third-order valence-corrected chi connectivity index (χ3v) is 2.53. The van der Waals surface area contributed by atoms with Crippen LogP contribution in [0.3, 0.4) is 0 Å². The average Bonchev–Trinajstić information content (AvgIpc) is 3.21. The lowest BCUT2D eigenvalue weighted by atomic mass is 10.2. The molecule has 0 radical (unpaired) electrons. The first-order valence-electron chi connectivity index (χ1n) is 5.82. The van der Waals surface area contributed by atoms with Crippen molar-refractivity contribution in [3.05, 3.63) is 29.8 Å². The number of rotatable bonds is 4. The zero-order chi connectivity index (χ0) is 12.1. The van der Waals surface area contributed by atoms with E-state index in [1.165, 1.54) is 5.56 Å². The molecule has 2 aliphatic rings. The Bertz CT molecular complexity index is 345. The predicted octanol–water partition coefficient (Wildman–Crippen LogP) is 1.15. The minimum atomic E-state index is 0.190. The summed E-state index contributed by atoms with van der Waals surface area (Å²) in [6.45, 7) is 4.54. The van der Waals surface area contributed by atoms with Crippen molar-refractivity contribution in [1.82, 2.24) is 0 Å². The van der Waals surface area contributed by atoms with Gasteiger partial charge in [-0.3, -0.25) is 0 Å². The van der Waals surface area contributed by atoms with Crippen molar-refractivity contribution < 1.29 is 19.3 Å². The molecule has 4 heteroatoms. The van der Waals surface area contributed by atoms with Crippen molar-refractivity contribution in [3.8, 4) is 5.75 Å². The molecule has 1 aromatic carbocycles. The van der Waals surface area contributed by atoms with Gasteiger partial charge in [-0.25, -0.2) is 0 Å². The lowest BCUT2D eigenvalue weighted by molar-refractivity contribution is 0.244. The highest BCUT2D eigenvalue weighted by Gasteiger charge is 2.23. The van der Waals surface area contributed by atoms with Gasteiger partial charge >= 0.3 is 0 Å². The van der Waals surface area contributed by atoms with Crippen LogP contribution in [-0.4, -0.2) is 43.7 Å². The number of aliphatic hydroxyl groups is 1. The first-order chi connectivity index (χ1) is 8.29. The van der Waals surface area contributed by atoms with Crippen molar-refractivity contribution in [2.75, 3.05) is 26.4 Å². The standard InChI is InChI=1S/C10H12O2.C3H6O2/c1-8-4-2-3-5-10(8)12-7-9-6-11-9;4-1-3-2-5-3/h2-5,9H,6-7H2,1H3;3-4H,1-2H2. The van der Waals surface area contributed by atoms with Crippen LogP contribution in [0.2, 0.25) is 0 Å². The van der Waals surface area contributed by atoms with Crippen LogP contribution in [0, 0.1) is 6.92 Å². The van der Waals surface area contributed by atoms with Crippen molar-refractivity contribution in [2.45, 2.75) is 19.1 Å². The van der Waals surface area contributed by atoms with E-state index < -0.39 is 0 Å². The Morgan fingerprint density at radius 2 is 1.88 bits per heavy atom. The van der Waals surface area contributed by atoms with Crippen LogP contribution < -0.4 is 4.74 Å². The zero-order valence-electron chi connectivity index (χ0n) is 9.96. The predicted molar refractivity (Wildman–Crippen MR) is 63.2 cm³/mol. The van der Waals surface area contributed by atoms with E-state index in [4.69, 9.17) is 14.6 Å². The number of ether oxygens (including phenoxy) is 3. The van der Waals surface area contributed by atoms with Gasteiger partial charge in [-0.05, 0) is 18.6 Å². The largest absolute Gasteiger partial charge is 0.491 e. The molecule has 2 saturated heterocycles. The average molecular weight is 238 g/mol. The topological polar surface area (TPSA) is 54.5 Å². The van der Waals surface area contributed by atoms with E-state index in [9.17, 15) is 0 Å². The second-order valence-corrected chi connectivity index (χ2v) is 4.17. The van der Waals surface area contributed by atoms with Crippen LogP contribution in [0.15, 0.2) is 24.3 Å². The molecule has 0 bridgehead atoms. The molecule has 0 aromatic heterocycles. The van der Waals surface area contributed by atoms with Gasteiger partial charge in [-0.15, -0.1) is 0 Å². The first-order valence-corrected chi connectivity index (χ1v) is 5.82. The highest BCUT2D eigenvalue weighted by atomic mass is 16.6. The number of epoxide rings is 2. The number of para-hydroxylation sites is 1. The van der Waals surface area contributed by atoms with Gasteiger partial charge < -0.3 is 19.3 Å². The van der Waals surface area contributed by atoms with Crippen LogP contribution in [0.1, 0.15) is 5.56 Å². The fourth-order valence-corrected chi connectivity index (χ4v) is 1.24. The fraction of sp³-hybridized carbons (Fsp3) is 0.538. The molecule has 0 aliphatic carbocycles. The summed E-state index contributed by atoms with van der Waals surface area (Å²) in [5.41, 5.74) is 1.18. The molecule has 0 spiro atoms. The molecule has 17 heavy (non-hydrogen) atoms. The Hall–Kier alpha value is -1.10. The molecule has 94 valence electrons. The van der Waals surface area contributed by atoms with Crippen molar-refractivity contribution in [3.63, 3.8) is 0 Å². The highest BCUT2D eigenvalue weighted by Crippen LogP contribution is 2.18. The summed E-state index contributed by atoms with van der Waals surface area (Å²) in [5.74, 6) is 0.966. The molecular formula is C13H18O4. The van der Waals surface area contributed by atoms with Crippen LogP contribution >= 0.6 is 0 Å². The molecule has 1 aromatic rings. The molecule has 0 amide bonds. The highest BCUT2D eigenvalue weighted by molar-refractivity contribution is 5.31. The zero-order valence-corrected chi connectivity index (χ0v) is 9.96. The maximum atomic E-state index is 8.08. The van der Waals surface area contributed by atoms with Gasteiger partial charge in [0.25, 0.3) is 0 Å². The minimum Gasteiger partial charge on any atom is -0.491 e. The Balaban J connectivity index is 0.000000181. The maximum Gasteiger partial charge on any atom is 0.122 e. The summed E-state index contributed by atoms with van der Waals surface area (Å²) in [7, 11) is 0. The molecule has 3 rings (SSSR count). The van der Waals surface area contributed by atoms with Crippen molar-refractivity contribution in [2.24, 2.45) is 0 Å². The van der Waals surface area contributed by atoms with Gasteiger partial charge in [0, 0.05) is 0 Å². The maximum absolute atomic E-state index is 8.08. The molecule has 2 fully saturated rings. The molecule has 2 aliphatic heterocycles. The monoisotopic (exact) mass is 238 g/mol. The van der Waals surface area contributed by atoms with E-state index in [1.54, 1.807) is 0 Å². The lowest BCUT2D eigenvalue weighted by Gasteiger charge is -2.06. The molecule has 1 N–H and O–H groups in total. The van der Waals surface area contributed by atoms with Crippen LogP contribution in [0.5, 0.6) is 5.75 Å². The van der Waals surface area contributed by atoms with E-state index >= 15 is 0 Å². The quantitative estimate of drug-likeness (QED) is 0.799. The van der Waals surface area contributed by atoms with Crippen molar-refractivity contribution >= 4 is 0 Å². The van der Waals surface area contributed by atoms with Gasteiger partial charge in [0.15, 0.2) is 0 Å². The van der Waals surface area contributed by atoms with E-state index in [1.807, 2.05) is 31.2 Å². The van der Waals surface area contributed by atoms with Crippen LogP contribution in [-0.2, 0) is 9.47 Å². The summed E-state index contributed by atoms with van der Waals surface area (Å²) in [6.07, 6.45) is 0.527. The molecule has 0 saturated carbocycles. The fourth-order valence-electron chi connectivity index (χ4n) is 1.24. The molecular weight excluding hydrogens is 220 g/mol. The summed E-state index contributed by atoms with van der Waals surface area (Å²) < 4.78 is 15.2. The SMILES string of the molecule is Cc1ccccc1OCC1CO1.OCC1CO1. The number of hydrogen-bond donors (Lipinski definition) is 1. The van der Waals surface area contributed by atoms with E-state index in [-0.39, 0.29) is 12.7 Å². The molecule has 2 heterocycles. The smallest absolute Gasteiger partial charge is 0.122 e. The first kappa shape index (κ1) is 12.4. The van der Waals surface area contributed by atoms with Gasteiger partial charge in [0.2, 0.25) is 0 Å². The number of aryl methyl sites for hydroxylation is 1. The minimum absolute atomic E-state index is 0.190. The second-order valence-electron chi connectivity index (χ2n) is 4.17. The van der Waals surface area contributed by atoms with E-state index in [2.05, 4.69) is 4.74 Å². The number of benzene rings is 1. The summed E-state index contributed by atoms with van der Waals surface area (Å²) in [6, 6.07) is 8.02. The van der Waals surface area contributed by atoms with Gasteiger partial charge in [-0.1, -0.05) is 18.2 Å². The normalized spacial score (nSPS) is 24.6. The van der Waals surface area contributed by atoms with Gasteiger partial charge in [0.1, 0.15) is 24.6 Å². The Morgan fingerprint density at radius 3 is 2.35 bits per heavy atom. The molecule has 2 atom stereocenters. The number of aliphatic hydroxyl groups excluding tert-OH is 1. The summed E-state index contributed by atoms with van der Waals surface area (Å²) in [4.78, 5) is 0. The summed E-state index contributed by atoms with van der Waals surface area (Å²) in [5, 5.41) is 8.08. The van der Waals surface area contributed by atoms with E-state index in [0.717, 1.165) is 19.0 Å². The summed E-state index contributed by atoms with van der Waals surface area (Å²) >= 11 is 0. The lowest BCUT2D eigenvalue weighted by Crippen LogP contribution is -2.04. The second kappa shape index (κ2) is 6.00. The van der Waals surface area contributed by atoms with Crippen molar-refractivity contribution in [1.29, 1.82) is 0 Å². The Morgan fingerprint density at radius 1 is 1.24 bits per heavy atom. The van der Waals surface area contributed by atoms with Crippen LogP contribution in [0.4, 0.5) is 0 Å². The van der Waals surface area contributed by atoms with Gasteiger partial charge in [0.05, 0.1) is 19.8 Å². The number of hydrogen-bond acceptors (Lipinski definition) is 4. The van der Waals surface area contributed by atoms with Gasteiger partial charge in [-0.2, -0.15) is 0 Å².